The topological polar surface area (TPSA) is 66.3 Å². The summed E-state index contributed by atoms with van der Waals surface area (Å²) in [5.74, 6) is 0.807. The van der Waals surface area contributed by atoms with E-state index in [1.165, 1.54) is 12.1 Å². The third kappa shape index (κ3) is 4.61. The summed E-state index contributed by atoms with van der Waals surface area (Å²) >= 11 is 0. The van der Waals surface area contributed by atoms with Crippen LogP contribution >= 0.6 is 0 Å². The lowest BCUT2D eigenvalue weighted by atomic mass is 9.90. The third-order valence-corrected chi connectivity index (χ3v) is 6.12. The maximum absolute atomic E-state index is 14.0. The lowest BCUT2D eigenvalue weighted by Gasteiger charge is -2.38. The standard InChI is InChI=1S/C27H25FN4O2/c1-18-7-2-4-11-23(18)34-24-12-5-3-10-21(24)31-25(33)16-32-14-13-22-26(30-17-29-22)27(32)19-8-6-9-20(28)15-19/h2-12,15,17,22,27H,13-14,16H2,1H3,(H,31,33). The molecule has 1 N–H and O–H groups in total. The predicted molar refractivity (Wildman–Crippen MR) is 131 cm³/mol. The van der Waals surface area contributed by atoms with E-state index in [2.05, 4.69) is 15.3 Å². The first-order valence-corrected chi connectivity index (χ1v) is 11.3. The number of aliphatic imine (C=N–C) groups is 2. The zero-order chi connectivity index (χ0) is 23.5. The number of anilines is 1. The third-order valence-electron chi connectivity index (χ3n) is 6.12. The number of para-hydroxylation sites is 3. The average molecular weight is 457 g/mol. The molecule has 1 fully saturated rings. The summed E-state index contributed by atoms with van der Waals surface area (Å²) in [4.78, 5) is 24.1. The lowest BCUT2D eigenvalue weighted by molar-refractivity contribution is -0.117. The van der Waals surface area contributed by atoms with Gasteiger partial charge in [0.25, 0.3) is 0 Å². The number of nitrogens with one attached hydrogen (secondary N) is 1. The van der Waals surface area contributed by atoms with Crippen LogP contribution in [0.5, 0.6) is 11.5 Å². The molecule has 2 aliphatic rings. The van der Waals surface area contributed by atoms with Crippen molar-refractivity contribution in [3.8, 4) is 11.5 Å². The molecule has 172 valence electrons. The van der Waals surface area contributed by atoms with Crippen molar-refractivity contribution in [2.75, 3.05) is 18.4 Å². The molecule has 7 heteroatoms. The number of amides is 1. The van der Waals surface area contributed by atoms with Crippen molar-refractivity contribution >= 4 is 23.6 Å². The smallest absolute Gasteiger partial charge is 0.238 e. The van der Waals surface area contributed by atoms with Crippen molar-refractivity contribution in [1.29, 1.82) is 0 Å². The van der Waals surface area contributed by atoms with Crippen LogP contribution in [0.4, 0.5) is 10.1 Å². The van der Waals surface area contributed by atoms with Crippen molar-refractivity contribution in [2.24, 2.45) is 9.98 Å². The summed E-state index contributed by atoms with van der Waals surface area (Å²) < 4.78 is 20.1. The monoisotopic (exact) mass is 456 g/mol. The molecule has 0 aliphatic carbocycles. The van der Waals surface area contributed by atoms with E-state index in [9.17, 15) is 9.18 Å². The number of halogens is 1. The summed E-state index contributed by atoms with van der Waals surface area (Å²) in [7, 11) is 0. The Hall–Kier alpha value is -3.84. The molecule has 1 saturated heterocycles. The Morgan fingerprint density at radius 1 is 1.09 bits per heavy atom. The number of ether oxygens (including phenoxy) is 1. The second-order valence-electron chi connectivity index (χ2n) is 8.46. The van der Waals surface area contributed by atoms with Crippen LogP contribution in [-0.2, 0) is 4.79 Å². The number of hydrogen-bond donors (Lipinski definition) is 1. The molecule has 34 heavy (non-hydrogen) atoms. The average Bonchev–Trinajstić information content (AvgIpc) is 3.30. The number of hydrogen-bond acceptors (Lipinski definition) is 5. The predicted octanol–water partition coefficient (Wildman–Crippen LogP) is 5.16. The highest BCUT2D eigenvalue weighted by atomic mass is 19.1. The fourth-order valence-electron chi connectivity index (χ4n) is 4.47. The Balaban J connectivity index is 1.35. The summed E-state index contributed by atoms with van der Waals surface area (Å²) in [5.41, 5.74) is 3.22. The molecule has 2 aliphatic heterocycles. The zero-order valence-corrected chi connectivity index (χ0v) is 18.8. The molecule has 2 heterocycles. The molecule has 0 radical (unpaired) electrons. The number of rotatable bonds is 6. The highest BCUT2D eigenvalue weighted by Gasteiger charge is 2.37. The van der Waals surface area contributed by atoms with Gasteiger partial charge in [0.2, 0.25) is 5.91 Å². The lowest BCUT2D eigenvalue weighted by Crippen LogP contribution is -2.47. The molecule has 0 saturated carbocycles. The van der Waals surface area contributed by atoms with Crippen LogP contribution in [0.2, 0.25) is 0 Å². The second kappa shape index (κ2) is 9.57. The zero-order valence-electron chi connectivity index (χ0n) is 18.8. The summed E-state index contributed by atoms with van der Waals surface area (Å²) in [6.45, 7) is 2.75. The van der Waals surface area contributed by atoms with E-state index in [1.54, 1.807) is 12.4 Å². The number of carbonyl (C=O) groups excluding carboxylic acids is 1. The van der Waals surface area contributed by atoms with Crippen LogP contribution in [0.15, 0.2) is 82.8 Å². The van der Waals surface area contributed by atoms with Crippen LogP contribution < -0.4 is 10.1 Å². The van der Waals surface area contributed by atoms with Crippen molar-refractivity contribution in [3.05, 3.63) is 89.7 Å². The van der Waals surface area contributed by atoms with Gasteiger partial charge in [0.15, 0.2) is 5.75 Å². The Bertz CT molecular complexity index is 1270. The minimum atomic E-state index is -0.314. The number of piperidine rings is 1. The number of carbonyl (C=O) groups is 1. The molecule has 0 bridgehead atoms. The molecular formula is C27H25FN4O2. The van der Waals surface area contributed by atoms with Crippen LogP contribution in [0, 0.1) is 12.7 Å². The molecule has 6 nitrogen and oxygen atoms in total. The molecule has 2 unspecified atom stereocenters. The van der Waals surface area contributed by atoms with Crippen molar-refractivity contribution in [1.82, 2.24) is 4.90 Å². The van der Waals surface area contributed by atoms with Gasteiger partial charge in [-0.1, -0.05) is 42.5 Å². The van der Waals surface area contributed by atoms with Gasteiger partial charge in [-0.15, -0.1) is 0 Å². The quantitative estimate of drug-likeness (QED) is 0.557. The first-order valence-electron chi connectivity index (χ1n) is 11.3. The minimum absolute atomic E-state index is 0.0178. The van der Waals surface area contributed by atoms with Gasteiger partial charge in [0.1, 0.15) is 17.9 Å². The van der Waals surface area contributed by atoms with Gasteiger partial charge in [-0.2, -0.15) is 0 Å². The maximum atomic E-state index is 14.0. The van der Waals surface area contributed by atoms with Gasteiger partial charge in [-0.25, -0.2) is 9.38 Å². The van der Waals surface area contributed by atoms with E-state index in [1.807, 2.05) is 66.4 Å². The van der Waals surface area contributed by atoms with E-state index in [-0.39, 0.29) is 30.4 Å². The number of nitrogens with zero attached hydrogens (tertiary/aromatic N) is 3. The largest absolute Gasteiger partial charge is 0.455 e. The Labute approximate surface area is 197 Å². The first kappa shape index (κ1) is 22.0. The summed E-state index contributed by atoms with van der Waals surface area (Å²) in [5, 5.41) is 2.99. The highest BCUT2D eigenvalue weighted by Crippen LogP contribution is 2.34. The van der Waals surface area contributed by atoms with Crippen LogP contribution in [0.3, 0.4) is 0 Å². The molecule has 0 aromatic heterocycles. The maximum Gasteiger partial charge on any atom is 0.238 e. The fourth-order valence-corrected chi connectivity index (χ4v) is 4.47. The van der Waals surface area contributed by atoms with Crippen LogP contribution in [-0.4, -0.2) is 42.0 Å². The van der Waals surface area contributed by atoms with Crippen molar-refractivity contribution in [3.63, 3.8) is 0 Å². The number of aryl methyl sites for hydroxylation is 1. The van der Waals surface area contributed by atoms with E-state index in [0.717, 1.165) is 29.0 Å². The minimum Gasteiger partial charge on any atom is -0.455 e. The van der Waals surface area contributed by atoms with E-state index < -0.39 is 0 Å². The number of likely N-dealkylation sites (tertiary alicyclic amines) is 1. The van der Waals surface area contributed by atoms with Crippen LogP contribution in [0.1, 0.15) is 23.6 Å². The number of fused-ring (bicyclic) bond motifs is 1. The Morgan fingerprint density at radius 2 is 1.88 bits per heavy atom. The molecule has 3 aromatic carbocycles. The number of benzene rings is 3. The molecular weight excluding hydrogens is 431 g/mol. The summed E-state index contributed by atoms with van der Waals surface area (Å²) in [6.07, 6.45) is 2.33. The normalized spacial score (nSPS) is 19.4. The Kier molecular flexibility index (Phi) is 6.18. The van der Waals surface area contributed by atoms with Crippen LogP contribution in [0.25, 0.3) is 0 Å². The van der Waals surface area contributed by atoms with E-state index >= 15 is 0 Å². The molecule has 1 amide bonds. The summed E-state index contributed by atoms with van der Waals surface area (Å²) in [6, 6.07) is 21.2. The van der Waals surface area contributed by atoms with Gasteiger partial charge >= 0.3 is 0 Å². The van der Waals surface area contributed by atoms with Gasteiger partial charge in [0.05, 0.1) is 30.0 Å². The highest BCUT2D eigenvalue weighted by molar-refractivity contribution is 6.04. The second-order valence-corrected chi connectivity index (χ2v) is 8.46. The molecule has 5 rings (SSSR count). The van der Waals surface area contributed by atoms with Gasteiger partial charge in [-0.05, 0) is 54.8 Å². The Morgan fingerprint density at radius 3 is 2.71 bits per heavy atom. The van der Waals surface area contributed by atoms with Gasteiger partial charge in [0, 0.05) is 6.54 Å². The van der Waals surface area contributed by atoms with E-state index in [4.69, 9.17) is 4.74 Å². The van der Waals surface area contributed by atoms with Crippen molar-refractivity contribution in [2.45, 2.75) is 25.4 Å². The molecule has 2 atom stereocenters. The SMILES string of the molecule is Cc1ccccc1Oc1ccccc1NC(=O)CN1CCC2N=CN=C2C1c1cccc(F)c1. The fraction of sp³-hybridized carbons (Fsp3) is 0.222. The first-order chi connectivity index (χ1) is 16.6. The van der Waals surface area contributed by atoms with E-state index in [0.29, 0.717) is 18.0 Å². The molecule has 0 spiro atoms. The van der Waals surface area contributed by atoms with Gasteiger partial charge < -0.3 is 10.1 Å². The van der Waals surface area contributed by atoms with Gasteiger partial charge in [-0.3, -0.25) is 14.7 Å². The van der Waals surface area contributed by atoms with Crippen molar-refractivity contribution < 1.29 is 13.9 Å². The molecule has 3 aromatic rings.